The van der Waals surface area contributed by atoms with Crippen molar-refractivity contribution >= 4 is 40.2 Å². The lowest BCUT2D eigenvalue weighted by atomic mass is 10.0. The highest BCUT2D eigenvalue weighted by atomic mass is 35.5. The number of nitrogens with zero attached hydrogens (tertiary/aromatic N) is 3. The summed E-state index contributed by atoms with van der Waals surface area (Å²) in [5.74, 6) is -0.864. The van der Waals surface area contributed by atoms with Gasteiger partial charge in [0.05, 0.1) is 5.39 Å². The molecular formula is C22H33Cl2N3O2. The second kappa shape index (κ2) is 13.1. The SMILES string of the molecule is CCCCCCCCCCCCCCC(C(=O)O)n1ccc2c(Cl)nc(Cl)nc21. The molecule has 0 saturated heterocycles. The predicted molar refractivity (Wildman–Crippen MR) is 120 cm³/mol. The van der Waals surface area contributed by atoms with Crippen LogP contribution in [0, 0.1) is 0 Å². The van der Waals surface area contributed by atoms with Crippen molar-refractivity contribution in [1.29, 1.82) is 0 Å². The van der Waals surface area contributed by atoms with Crippen molar-refractivity contribution in [1.82, 2.24) is 14.5 Å². The molecule has 5 nitrogen and oxygen atoms in total. The molecule has 0 spiro atoms. The van der Waals surface area contributed by atoms with E-state index in [1.54, 1.807) is 16.8 Å². The highest BCUT2D eigenvalue weighted by molar-refractivity contribution is 6.35. The van der Waals surface area contributed by atoms with Crippen molar-refractivity contribution in [3.8, 4) is 0 Å². The van der Waals surface area contributed by atoms with Gasteiger partial charge in [0.2, 0.25) is 5.28 Å². The van der Waals surface area contributed by atoms with Gasteiger partial charge in [0.25, 0.3) is 0 Å². The van der Waals surface area contributed by atoms with Crippen LogP contribution in [-0.4, -0.2) is 25.6 Å². The number of aromatic nitrogens is 3. The number of hydrogen-bond donors (Lipinski definition) is 1. The number of halogens is 2. The summed E-state index contributed by atoms with van der Waals surface area (Å²) in [6.45, 7) is 2.25. The van der Waals surface area contributed by atoms with Crippen LogP contribution in [0.1, 0.15) is 96.4 Å². The Morgan fingerprint density at radius 3 is 2.07 bits per heavy atom. The van der Waals surface area contributed by atoms with Gasteiger partial charge in [-0.3, -0.25) is 0 Å². The Labute approximate surface area is 183 Å². The first-order chi connectivity index (χ1) is 14.0. The molecule has 0 aliphatic rings. The van der Waals surface area contributed by atoms with Crippen LogP contribution in [0.4, 0.5) is 0 Å². The Morgan fingerprint density at radius 2 is 1.52 bits per heavy atom. The summed E-state index contributed by atoms with van der Waals surface area (Å²) in [7, 11) is 0. The third kappa shape index (κ3) is 7.78. The monoisotopic (exact) mass is 441 g/mol. The van der Waals surface area contributed by atoms with E-state index in [0.29, 0.717) is 17.5 Å². The first kappa shape index (κ1) is 23.9. The molecule has 0 aromatic carbocycles. The Hall–Kier alpha value is -1.33. The fraction of sp³-hybridized carbons (Fsp3) is 0.682. The number of fused-ring (bicyclic) bond motifs is 1. The van der Waals surface area contributed by atoms with Crippen molar-refractivity contribution in [2.45, 2.75) is 96.4 Å². The largest absolute Gasteiger partial charge is 0.480 e. The summed E-state index contributed by atoms with van der Waals surface area (Å²) in [4.78, 5) is 19.9. The first-order valence-electron chi connectivity index (χ1n) is 11.0. The van der Waals surface area contributed by atoms with Gasteiger partial charge < -0.3 is 9.67 Å². The molecular weight excluding hydrogens is 409 g/mol. The van der Waals surface area contributed by atoms with Gasteiger partial charge in [0.1, 0.15) is 16.8 Å². The normalized spacial score (nSPS) is 12.5. The minimum atomic E-state index is -0.864. The number of aliphatic carboxylic acids is 1. The lowest BCUT2D eigenvalue weighted by Gasteiger charge is -2.15. The summed E-state index contributed by atoms with van der Waals surface area (Å²) < 4.78 is 1.65. The maximum Gasteiger partial charge on any atom is 0.326 e. The zero-order valence-corrected chi connectivity index (χ0v) is 18.9. The molecule has 0 radical (unpaired) electrons. The van der Waals surface area contributed by atoms with Crippen LogP contribution < -0.4 is 0 Å². The van der Waals surface area contributed by atoms with Crippen LogP contribution in [0.25, 0.3) is 11.0 Å². The predicted octanol–water partition coefficient (Wildman–Crippen LogP) is 7.46. The molecule has 2 rings (SSSR count). The molecule has 0 aliphatic heterocycles. The Morgan fingerprint density at radius 1 is 0.966 bits per heavy atom. The fourth-order valence-electron chi connectivity index (χ4n) is 3.78. The van der Waals surface area contributed by atoms with E-state index in [0.717, 1.165) is 19.3 Å². The van der Waals surface area contributed by atoms with Crippen LogP contribution in [-0.2, 0) is 4.79 Å². The Bertz CT molecular complexity index is 764. The maximum absolute atomic E-state index is 11.8. The van der Waals surface area contributed by atoms with E-state index in [1.165, 1.54) is 57.8 Å². The van der Waals surface area contributed by atoms with Gasteiger partial charge in [-0.2, -0.15) is 4.98 Å². The summed E-state index contributed by atoms with van der Waals surface area (Å²) >= 11 is 12.0. The van der Waals surface area contributed by atoms with Gasteiger partial charge >= 0.3 is 5.97 Å². The van der Waals surface area contributed by atoms with E-state index < -0.39 is 12.0 Å². The topological polar surface area (TPSA) is 68.0 Å². The molecule has 1 N–H and O–H groups in total. The van der Waals surface area contributed by atoms with Crippen molar-refractivity contribution in [2.75, 3.05) is 0 Å². The molecule has 0 saturated carbocycles. The highest BCUT2D eigenvalue weighted by Gasteiger charge is 2.22. The van der Waals surface area contributed by atoms with Crippen LogP contribution in [0.2, 0.25) is 10.4 Å². The van der Waals surface area contributed by atoms with Crippen LogP contribution >= 0.6 is 23.2 Å². The maximum atomic E-state index is 11.8. The number of carboxylic acids is 1. The molecule has 0 aliphatic carbocycles. The average molecular weight is 442 g/mol. The molecule has 2 heterocycles. The van der Waals surface area contributed by atoms with Gasteiger partial charge in [-0.25, -0.2) is 9.78 Å². The zero-order chi connectivity index (χ0) is 21.1. The summed E-state index contributed by atoms with van der Waals surface area (Å²) in [5.41, 5.74) is 0.473. The number of carboxylic acid groups (broad SMARTS) is 1. The van der Waals surface area contributed by atoms with Crippen molar-refractivity contribution in [2.24, 2.45) is 0 Å². The van der Waals surface area contributed by atoms with E-state index in [4.69, 9.17) is 23.2 Å². The second-order valence-corrected chi connectivity index (χ2v) is 8.47. The molecule has 0 amide bonds. The average Bonchev–Trinajstić information content (AvgIpc) is 3.09. The number of unbranched alkanes of at least 4 members (excludes halogenated alkanes) is 11. The molecule has 2 aromatic rings. The van der Waals surface area contributed by atoms with E-state index in [9.17, 15) is 9.90 Å². The first-order valence-corrected chi connectivity index (χ1v) is 11.7. The minimum absolute atomic E-state index is 0.0250. The summed E-state index contributed by atoms with van der Waals surface area (Å²) in [6, 6.07) is 1.07. The van der Waals surface area contributed by atoms with E-state index in [-0.39, 0.29) is 10.4 Å². The third-order valence-corrected chi connectivity index (χ3v) is 5.91. The minimum Gasteiger partial charge on any atom is -0.480 e. The number of carbonyl (C=O) groups is 1. The van der Waals surface area contributed by atoms with Crippen molar-refractivity contribution in [3.63, 3.8) is 0 Å². The van der Waals surface area contributed by atoms with Crippen LogP contribution in [0.5, 0.6) is 0 Å². The lowest BCUT2D eigenvalue weighted by Crippen LogP contribution is -2.18. The quantitative estimate of drug-likeness (QED) is 0.177. The van der Waals surface area contributed by atoms with Crippen molar-refractivity contribution in [3.05, 3.63) is 22.7 Å². The highest BCUT2D eigenvalue weighted by Crippen LogP contribution is 2.28. The smallest absolute Gasteiger partial charge is 0.326 e. The second-order valence-electron chi connectivity index (χ2n) is 7.78. The van der Waals surface area contributed by atoms with Crippen LogP contribution in [0.15, 0.2) is 12.3 Å². The Kier molecular flexibility index (Phi) is 10.8. The number of rotatable bonds is 15. The molecule has 1 atom stereocenters. The summed E-state index contributed by atoms with van der Waals surface area (Å²) in [6.07, 6.45) is 17.3. The van der Waals surface area contributed by atoms with Gasteiger partial charge in [-0.1, -0.05) is 95.6 Å². The molecule has 0 bridgehead atoms. The van der Waals surface area contributed by atoms with Gasteiger partial charge in [-0.15, -0.1) is 0 Å². The van der Waals surface area contributed by atoms with Crippen molar-refractivity contribution < 1.29 is 9.90 Å². The van der Waals surface area contributed by atoms with E-state index in [2.05, 4.69) is 16.9 Å². The van der Waals surface area contributed by atoms with E-state index in [1.807, 2.05) is 0 Å². The molecule has 29 heavy (non-hydrogen) atoms. The molecule has 7 heteroatoms. The summed E-state index contributed by atoms with van der Waals surface area (Å²) in [5, 5.41) is 10.6. The van der Waals surface area contributed by atoms with E-state index >= 15 is 0 Å². The molecule has 1 unspecified atom stereocenters. The van der Waals surface area contributed by atoms with Gasteiger partial charge in [0.15, 0.2) is 0 Å². The fourth-order valence-corrected chi connectivity index (χ4v) is 4.22. The Balaban J connectivity index is 1.70. The van der Waals surface area contributed by atoms with Gasteiger partial charge in [0, 0.05) is 6.20 Å². The molecule has 0 fully saturated rings. The standard InChI is InChI=1S/C22H33Cl2N3O2/c1-2-3-4-5-6-7-8-9-10-11-12-13-14-18(21(28)29)27-16-15-17-19(23)25-22(24)26-20(17)27/h15-16,18H,2-14H2,1H3,(H,28,29). The number of hydrogen-bond acceptors (Lipinski definition) is 3. The molecule has 162 valence electrons. The lowest BCUT2D eigenvalue weighted by molar-refractivity contribution is -0.141. The zero-order valence-electron chi connectivity index (χ0n) is 17.4. The third-order valence-electron chi connectivity index (χ3n) is 5.45. The van der Waals surface area contributed by atoms with Gasteiger partial charge in [-0.05, 0) is 24.1 Å². The van der Waals surface area contributed by atoms with Crippen LogP contribution in [0.3, 0.4) is 0 Å². The molecule has 2 aromatic heterocycles.